The maximum Gasteiger partial charge on any atom is 0.329 e. The highest BCUT2D eigenvalue weighted by molar-refractivity contribution is 14.2. The molecule has 0 amide bonds. The van der Waals surface area contributed by atoms with Crippen LogP contribution in [0, 0.1) is 0 Å². The fraction of sp³-hybridized carbons (Fsp3) is 0.400. The van der Waals surface area contributed by atoms with Crippen LogP contribution in [0.2, 0.25) is 0 Å². The summed E-state index contributed by atoms with van der Waals surface area (Å²) >= 11 is 2.05. The molecule has 3 aromatic rings. The van der Waals surface area contributed by atoms with E-state index in [0.29, 0.717) is 19.0 Å². The highest BCUT2D eigenvalue weighted by Crippen LogP contribution is 2.51. The molecule has 0 saturated carbocycles. The van der Waals surface area contributed by atoms with Crippen molar-refractivity contribution in [3.63, 3.8) is 0 Å². The van der Waals surface area contributed by atoms with Crippen molar-refractivity contribution in [2.45, 2.75) is 37.9 Å². The van der Waals surface area contributed by atoms with Gasteiger partial charge in [0.15, 0.2) is 11.0 Å². The van der Waals surface area contributed by atoms with E-state index in [-0.39, 0.29) is 16.7 Å². The van der Waals surface area contributed by atoms with Crippen molar-refractivity contribution in [3.05, 3.63) is 64.6 Å². The minimum atomic E-state index is -1.46. The molecule has 2 aliphatic rings. The lowest BCUT2D eigenvalue weighted by Crippen LogP contribution is -2.33. The highest BCUT2D eigenvalue weighted by atomic mass is 127. The Morgan fingerprint density at radius 2 is 1.74 bits per heavy atom. The van der Waals surface area contributed by atoms with E-state index in [4.69, 9.17) is 0 Å². The Labute approximate surface area is 222 Å². The number of hydrogen-bond donors (Lipinski definition) is 0. The number of hydrogen-bond acceptors (Lipinski definition) is 6. The Balaban J connectivity index is 0.000000672. The van der Waals surface area contributed by atoms with Crippen LogP contribution in [0.4, 0.5) is 5.69 Å². The summed E-state index contributed by atoms with van der Waals surface area (Å²) in [6, 6.07) is 15.2. The lowest BCUT2D eigenvalue weighted by Gasteiger charge is -2.28. The normalized spacial score (nSPS) is 20.3. The minimum absolute atomic E-state index is 0.0460. The molecule has 0 radical (unpaired) electrons. The molecular weight excluding hydrogens is 596 g/mol. The van der Waals surface area contributed by atoms with Crippen LogP contribution in [-0.2, 0) is 27.0 Å². The summed E-state index contributed by atoms with van der Waals surface area (Å²) in [5.74, 6) is 0. The molecule has 0 aliphatic carbocycles. The molecule has 2 aromatic carbocycles. The van der Waals surface area contributed by atoms with Gasteiger partial charge in [0.05, 0.1) is 27.4 Å². The predicted octanol–water partition coefficient (Wildman–Crippen LogP) is 5.64. The van der Waals surface area contributed by atoms with Gasteiger partial charge in [0.2, 0.25) is 0 Å². The first-order valence-corrected chi connectivity index (χ1v) is 16.4. The number of carbonyl (C=O) groups excluding carboxylic acids is 2. The van der Waals surface area contributed by atoms with Gasteiger partial charge in [-0.1, -0.05) is 30.3 Å². The molecular formula is C25H29IN3O4PS. The van der Waals surface area contributed by atoms with Gasteiger partial charge in [-0.3, -0.25) is 18.7 Å². The molecule has 186 valence electrons. The zero-order valence-electron chi connectivity index (χ0n) is 19.9. The number of anilines is 1. The number of imidazole rings is 1. The third kappa shape index (κ3) is 5.68. The van der Waals surface area contributed by atoms with E-state index in [2.05, 4.69) is 21.2 Å². The first-order valence-electron chi connectivity index (χ1n) is 11.6. The minimum Gasteiger partial charge on any atom is -0.371 e. The summed E-state index contributed by atoms with van der Waals surface area (Å²) in [4.78, 5) is 41.6. The van der Waals surface area contributed by atoms with Crippen molar-refractivity contribution >= 4 is 66.1 Å². The van der Waals surface area contributed by atoms with Crippen molar-refractivity contribution in [2.75, 3.05) is 25.1 Å². The third-order valence-electron chi connectivity index (χ3n) is 6.59. The molecule has 3 heterocycles. The summed E-state index contributed by atoms with van der Waals surface area (Å²) in [7, 11) is 3.27. The Kier molecular flexibility index (Phi) is 9.07. The van der Waals surface area contributed by atoms with Crippen LogP contribution in [0.25, 0.3) is 11.0 Å². The van der Waals surface area contributed by atoms with E-state index in [1.165, 1.54) is 22.1 Å². The molecule has 2 aliphatic heterocycles. The van der Waals surface area contributed by atoms with Crippen LogP contribution < -0.4 is 10.6 Å². The highest BCUT2D eigenvalue weighted by Gasteiger charge is 2.39. The van der Waals surface area contributed by atoms with Crippen molar-refractivity contribution in [2.24, 2.45) is 7.05 Å². The zero-order valence-corrected chi connectivity index (χ0v) is 23.7. The molecule has 2 saturated heterocycles. The first kappa shape index (κ1) is 26.4. The lowest BCUT2D eigenvalue weighted by atomic mass is 10.1. The SMILES string of the molecule is COSI.Cn1c(=O)n(C2CCC(=O)P(Cc3ccccc3)C2=O)c2ccc(N3CCCC3)cc21. The molecule has 2 fully saturated rings. The standard InChI is InChI=1S/C24H26N3O3P.CH3IOS/c1-25-21-15-18(26-13-5-6-14-26)9-10-19(21)27(24(25)30)20-11-12-22(28)31(23(20)29)16-17-7-3-2-4-8-17;1-3-4-2/h2-4,7-10,15,20H,5-6,11-14,16H2,1H3;1H3. The molecule has 10 heteroatoms. The molecule has 1 aromatic heterocycles. The molecule has 2 unspecified atom stereocenters. The number of nitrogens with zero attached hydrogens (tertiary/aromatic N) is 3. The van der Waals surface area contributed by atoms with Crippen LogP contribution in [-0.4, -0.2) is 40.4 Å². The van der Waals surface area contributed by atoms with Crippen molar-refractivity contribution in [1.82, 2.24) is 9.13 Å². The van der Waals surface area contributed by atoms with Crippen LogP contribution in [0.3, 0.4) is 0 Å². The topological polar surface area (TPSA) is 73.5 Å². The van der Waals surface area contributed by atoms with E-state index >= 15 is 0 Å². The van der Waals surface area contributed by atoms with Crippen molar-refractivity contribution < 1.29 is 13.8 Å². The van der Waals surface area contributed by atoms with Gasteiger partial charge >= 0.3 is 5.69 Å². The predicted molar refractivity (Wildman–Crippen MR) is 153 cm³/mol. The third-order valence-corrected chi connectivity index (χ3v) is 10.1. The number of benzene rings is 2. The van der Waals surface area contributed by atoms with Gasteiger partial charge in [0.25, 0.3) is 0 Å². The van der Waals surface area contributed by atoms with Crippen LogP contribution >= 0.6 is 38.3 Å². The Bertz CT molecular complexity index is 1250. The molecule has 7 nitrogen and oxygen atoms in total. The summed E-state index contributed by atoms with van der Waals surface area (Å²) < 4.78 is 7.72. The van der Waals surface area contributed by atoms with E-state index in [0.717, 1.165) is 35.4 Å². The molecule has 0 spiro atoms. The monoisotopic (exact) mass is 625 g/mol. The van der Waals surface area contributed by atoms with E-state index in [1.54, 1.807) is 23.3 Å². The largest absolute Gasteiger partial charge is 0.371 e. The molecule has 5 rings (SSSR count). The number of carbonyl (C=O) groups is 2. The molecule has 0 N–H and O–H groups in total. The Morgan fingerprint density at radius 1 is 1.06 bits per heavy atom. The van der Waals surface area contributed by atoms with E-state index < -0.39 is 14.0 Å². The molecule has 2 atom stereocenters. The zero-order chi connectivity index (χ0) is 24.9. The first-order chi connectivity index (χ1) is 17.0. The van der Waals surface area contributed by atoms with Crippen molar-refractivity contribution in [1.29, 1.82) is 0 Å². The second-order valence-corrected chi connectivity index (χ2v) is 12.3. The van der Waals surface area contributed by atoms with Gasteiger partial charge in [-0.25, -0.2) is 4.79 Å². The summed E-state index contributed by atoms with van der Waals surface area (Å²) in [6.45, 7) is 2.07. The fourth-order valence-corrected chi connectivity index (χ4v) is 6.98. The van der Waals surface area contributed by atoms with Gasteiger partial charge in [-0.2, -0.15) is 0 Å². The maximum atomic E-state index is 13.5. The maximum absolute atomic E-state index is 13.5. The lowest BCUT2D eigenvalue weighted by molar-refractivity contribution is -0.118. The van der Waals surface area contributed by atoms with Gasteiger partial charge < -0.3 is 9.08 Å². The second-order valence-electron chi connectivity index (χ2n) is 8.67. The molecule has 35 heavy (non-hydrogen) atoms. The van der Waals surface area contributed by atoms with Gasteiger partial charge in [-0.05, 0) is 43.0 Å². The van der Waals surface area contributed by atoms with Gasteiger partial charge in [0, 0.05) is 67.5 Å². The average molecular weight is 625 g/mol. The molecule has 0 bridgehead atoms. The number of fused-ring (bicyclic) bond motifs is 1. The van der Waals surface area contributed by atoms with Gasteiger partial charge in [0.1, 0.15) is 6.04 Å². The fourth-order valence-electron chi connectivity index (χ4n) is 4.82. The van der Waals surface area contributed by atoms with Crippen LogP contribution in [0.15, 0.2) is 53.3 Å². The second kappa shape index (κ2) is 12.0. The number of aromatic nitrogens is 2. The summed E-state index contributed by atoms with van der Waals surface area (Å²) in [6.07, 6.45) is 3.59. The van der Waals surface area contributed by atoms with Crippen LogP contribution in [0.5, 0.6) is 0 Å². The smallest absolute Gasteiger partial charge is 0.329 e. The van der Waals surface area contributed by atoms with E-state index in [1.807, 2.05) is 57.6 Å². The quantitative estimate of drug-likeness (QED) is 0.208. The summed E-state index contributed by atoms with van der Waals surface area (Å²) in [5.41, 5.74) is 3.52. The Morgan fingerprint density at radius 3 is 2.40 bits per heavy atom. The van der Waals surface area contributed by atoms with E-state index in [9.17, 15) is 14.4 Å². The summed E-state index contributed by atoms with van der Waals surface area (Å²) in [5, 5.41) is 0. The number of halogens is 1. The van der Waals surface area contributed by atoms with Crippen molar-refractivity contribution in [3.8, 4) is 0 Å². The van der Waals surface area contributed by atoms with Crippen LogP contribution in [0.1, 0.15) is 37.3 Å². The number of rotatable bonds is 5. The average Bonchev–Trinajstić information content (AvgIpc) is 3.50. The van der Waals surface area contributed by atoms with Gasteiger partial charge in [-0.15, -0.1) is 0 Å². The number of aryl methyl sites for hydroxylation is 1. The Hall–Kier alpha value is -1.68.